The van der Waals surface area contributed by atoms with Crippen molar-refractivity contribution in [1.82, 2.24) is 19.9 Å². The average molecular weight is 507 g/mol. The minimum absolute atomic E-state index is 0.0568. The second-order valence-corrected chi connectivity index (χ2v) is 9.27. The van der Waals surface area contributed by atoms with Crippen molar-refractivity contribution in [2.75, 3.05) is 30.5 Å². The molecule has 0 spiro atoms. The molecule has 6 rings (SSSR count). The normalized spacial score (nSPS) is 22.6. The third-order valence-corrected chi connectivity index (χ3v) is 7.03. The van der Waals surface area contributed by atoms with Crippen LogP contribution in [0, 0.1) is 0 Å². The first-order valence-corrected chi connectivity index (χ1v) is 12.2. The molecule has 2 aliphatic heterocycles. The van der Waals surface area contributed by atoms with Crippen molar-refractivity contribution in [2.24, 2.45) is 0 Å². The van der Waals surface area contributed by atoms with Crippen LogP contribution in [0.5, 0.6) is 11.6 Å². The number of rotatable bonds is 6. The molecule has 192 valence electrons. The van der Waals surface area contributed by atoms with Crippen molar-refractivity contribution in [3.63, 3.8) is 0 Å². The molecule has 3 aliphatic rings. The van der Waals surface area contributed by atoms with E-state index in [1.165, 1.54) is 0 Å². The number of nitrogens with one attached hydrogen (secondary N) is 2. The van der Waals surface area contributed by atoms with E-state index >= 15 is 0 Å². The number of amides is 2. The zero-order chi connectivity index (χ0) is 25.5. The number of anilines is 2. The Kier molecular flexibility index (Phi) is 5.87. The summed E-state index contributed by atoms with van der Waals surface area (Å²) in [7, 11) is 1.54. The third-order valence-electron chi connectivity index (χ3n) is 7.03. The molecule has 1 saturated heterocycles. The van der Waals surface area contributed by atoms with Crippen molar-refractivity contribution in [2.45, 2.75) is 44.0 Å². The van der Waals surface area contributed by atoms with E-state index < -0.39 is 6.09 Å². The monoisotopic (exact) mass is 506 g/mol. The van der Waals surface area contributed by atoms with Crippen molar-refractivity contribution < 1.29 is 23.8 Å². The molecule has 1 aliphatic carbocycles. The average Bonchev–Trinajstić information content (AvgIpc) is 3.24. The van der Waals surface area contributed by atoms with Gasteiger partial charge < -0.3 is 24.8 Å². The Morgan fingerprint density at radius 2 is 1.97 bits per heavy atom. The van der Waals surface area contributed by atoms with Gasteiger partial charge in [-0.25, -0.2) is 9.78 Å². The van der Waals surface area contributed by atoms with Crippen LogP contribution in [-0.2, 0) is 16.1 Å². The lowest BCUT2D eigenvalue weighted by Gasteiger charge is -2.33. The molecule has 2 fully saturated rings. The van der Waals surface area contributed by atoms with Gasteiger partial charge in [0.1, 0.15) is 17.6 Å². The molecule has 0 unspecified atom stereocenters. The van der Waals surface area contributed by atoms with E-state index in [-0.39, 0.29) is 36.3 Å². The van der Waals surface area contributed by atoms with Crippen LogP contribution in [0.1, 0.15) is 19.3 Å². The first-order chi connectivity index (χ1) is 18.0. The summed E-state index contributed by atoms with van der Waals surface area (Å²) in [6.45, 7) is 0.947. The number of hydrogen-bond acceptors (Lipinski definition) is 9. The molecule has 0 radical (unpaired) electrons. The summed E-state index contributed by atoms with van der Waals surface area (Å²) in [5.74, 6) is 1.36. The molecule has 3 aromatic rings. The van der Waals surface area contributed by atoms with Gasteiger partial charge in [-0.05, 0) is 37.1 Å². The number of methoxy groups -OCH3 is 1. The van der Waals surface area contributed by atoms with E-state index in [9.17, 15) is 14.4 Å². The number of carbonyl (C=O) groups is 2. The Balaban J connectivity index is 1.11. The van der Waals surface area contributed by atoms with Gasteiger partial charge in [0, 0.05) is 43.1 Å². The topological polar surface area (TPSA) is 137 Å². The minimum atomic E-state index is -0.450. The molecule has 5 heterocycles. The lowest BCUT2D eigenvalue weighted by molar-refractivity contribution is -0.118. The first kappa shape index (κ1) is 23.2. The van der Waals surface area contributed by atoms with Crippen molar-refractivity contribution >= 4 is 34.7 Å². The van der Waals surface area contributed by atoms with E-state index in [1.807, 2.05) is 6.07 Å². The van der Waals surface area contributed by atoms with Crippen LogP contribution in [0.25, 0.3) is 11.0 Å². The summed E-state index contributed by atoms with van der Waals surface area (Å²) < 4.78 is 17.9. The molecule has 0 aromatic carbocycles. The van der Waals surface area contributed by atoms with E-state index in [1.54, 1.807) is 46.9 Å². The minimum Gasteiger partial charge on any atom is -0.481 e. The largest absolute Gasteiger partial charge is 0.481 e. The van der Waals surface area contributed by atoms with E-state index in [0.29, 0.717) is 48.4 Å². The Morgan fingerprint density at radius 1 is 1.11 bits per heavy atom. The predicted molar refractivity (Wildman–Crippen MR) is 133 cm³/mol. The molecule has 2 amide bonds. The fraction of sp³-hybridized carbons (Fsp3) is 0.400. The summed E-state index contributed by atoms with van der Waals surface area (Å²) in [5, 5.41) is 7.05. The second kappa shape index (κ2) is 9.36. The van der Waals surface area contributed by atoms with E-state index in [4.69, 9.17) is 14.2 Å². The molecule has 0 bridgehead atoms. The fourth-order valence-electron chi connectivity index (χ4n) is 5.25. The summed E-state index contributed by atoms with van der Waals surface area (Å²) in [6, 6.07) is 10.3. The summed E-state index contributed by atoms with van der Waals surface area (Å²) in [4.78, 5) is 47.4. The van der Waals surface area contributed by atoms with Gasteiger partial charge >= 0.3 is 6.09 Å². The highest BCUT2D eigenvalue weighted by Gasteiger charge is 2.46. The number of carbonyl (C=O) groups excluding carboxylic acids is 2. The van der Waals surface area contributed by atoms with Crippen molar-refractivity contribution in [3.8, 4) is 11.6 Å². The highest BCUT2D eigenvalue weighted by Crippen LogP contribution is 2.37. The Bertz CT molecular complexity index is 1440. The van der Waals surface area contributed by atoms with Crippen LogP contribution < -0.4 is 30.6 Å². The summed E-state index contributed by atoms with van der Waals surface area (Å²) in [5.41, 5.74) is 0.454. The molecule has 12 nitrogen and oxygen atoms in total. The SMILES string of the molecule is COc1ccc2ccc(=O)n(CCN[C@H]3CC[C@H]4[C@@H](C3)OC(=O)N4c3ccc4c(n3)NC(=O)CO4)c2n1. The standard InChI is InChI=1S/C25H26N6O6/c1-35-21-8-2-14-3-9-22(33)30(24(14)29-21)11-10-26-15-4-5-16-18(12-15)37-25(34)31(16)19-7-6-17-23(27-19)28-20(32)13-36-17/h2-3,6-9,15-16,18,26H,4-5,10-13H2,1H3,(H,27,28,32)/t15-,16-,18+/m0/s1. The molecule has 12 heteroatoms. The van der Waals surface area contributed by atoms with Gasteiger partial charge in [0.2, 0.25) is 5.88 Å². The Hall–Kier alpha value is -4.19. The number of fused-ring (bicyclic) bond motifs is 3. The quantitative estimate of drug-likeness (QED) is 0.511. The van der Waals surface area contributed by atoms with Crippen LogP contribution >= 0.6 is 0 Å². The Morgan fingerprint density at radius 3 is 2.84 bits per heavy atom. The highest BCUT2D eigenvalue weighted by atomic mass is 16.6. The van der Waals surface area contributed by atoms with Crippen LogP contribution in [0.15, 0.2) is 41.2 Å². The maximum atomic E-state index is 12.8. The maximum Gasteiger partial charge on any atom is 0.416 e. The molecule has 2 N–H and O–H groups in total. The highest BCUT2D eigenvalue weighted by molar-refractivity contribution is 5.95. The lowest BCUT2D eigenvalue weighted by atomic mass is 9.88. The van der Waals surface area contributed by atoms with Crippen LogP contribution in [0.2, 0.25) is 0 Å². The maximum absolute atomic E-state index is 12.8. The van der Waals surface area contributed by atoms with Crippen molar-refractivity contribution in [1.29, 1.82) is 0 Å². The van der Waals surface area contributed by atoms with Crippen LogP contribution in [-0.4, -0.2) is 65.0 Å². The number of hydrogen-bond donors (Lipinski definition) is 2. The van der Waals surface area contributed by atoms with Gasteiger partial charge in [-0.2, -0.15) is 4.98 Å². The fourth-order valence-corrected chi connectivity index (χ4v) is 5.25. The number of ether oxygens (including phenoxy) is 3. The smallest absolute Gasteiger partial charge is 0.416 e. The predicted octanol–water partition coefficient (Wildman–Crippen LogP) is 1.67. The number of aromatic nitrogens is 3. The molecule has 3 aromatic heterocycles. The van der Waals surface area contributed by atoms with Gasteiger partial charge in [-0.15, -0.1) is 0 Å². The number of nitrogens with zero attached hydrogens (tertiary/aromatic N) is 4. The van der Waals surface area contributed by atoms with Gasteiger partial charge in [0.25, 0.3) is 11.5 Å². The van der Waals surface area contributed by atoms with Gasteiger partial charge in [0.15, 0.2) is 18.2 Å². The summed E-state index contributed by atoms with van der Waals surface area (Å²) in [6.07, 6.45) is 1.47. The lowest BCUT2D eigenvalue weighted by Crippen LogP contribution is -2.46. The van der Waals surface area contributed by atoms with E-state index in [2.05, 4.69) is 20.6 Å². The zero-order valence-corrected chi connectivity index (χ0v) is 20.2. The van der Waals surface area contributed by atoms with Crippen LogP contribution in [0.4, 0.5) is 16.4 Å². The second-order valence-electron chi connectivity index (χ2n) is 9.27. The number of pyridine rings is 3. The van der Waals surface area contributed by atoms with E-state index in [0.717, 1.165) is 18.2 Å². The first-order valence-electron chi connectivity index (χ1n) is 12.2. The van der Waals surface area contributed by atoms with Gasteiger partial charge in [0.05, 0.1) is 13.2 Å². The van der Waals surface area contributed by atoms with Gasteiger partial charge in [-0.1, -0.05) is 0 Å². The molecule has 1 saturated carbocycles. The van der Waals surface area contributed by atoms with Gasteiger partial charge in [-0.3, -0.25) is 19.1 Å². The molecule has 37 heavy (non-hydrogen) atoms. The molecule has 3 atom stereocenters. The van der Waals surface area contributed by atoms with Crippen LogP contribution in [0.3, 0.4) is 0 Å². The zero-order valence-electron chi connectivity index (χ0n) is 20.2. The summed E-state index contributed by atoms with van der Waals surface area (Å²) >= 11 is 0. The molecular formula is C25H26N6O6. The van der Waals surface area contributed by atoms with Crippen molar-refractivity contribution in [3.05, 3.63) is 46.8 Å². The molecular weight excluding hydrogens is 480 g/mol. The Labute approximate surface area is 211 Å². The third kappa shape index (κ3) is 4.33.